The molecule has 2 heterocycles. The van der Waals surface area contributed by atoms with Gasteiger partial charge in [0.15, 0.2) is 5.78 Å². The number of ketones is 1. The molecule has 2 N–H and O–H groups in total. The van der Waals surface area contributed by atoms with Gasteiger partial charge in [-0.1, -0.05) is 6.58 Å². The molecule has 0 bridgehead atoms. The molecule has 0 spiro atoms. The summed E-state index contributed by atoms with van der Waals surface area (Å²) in [4.78, 5) is 27.9. The van der Waals surface area contributed by atoms with Gasteiger partial charge in [0.1, 0.15) is 23.4 Å². The Labute approximate surface area is 206 Å². The Bertz CT molecular complexity index is 1420. The van der Waals surface area contributed by atoms with E-state index < -0.39 is 0 Å². The van der Waals surface area contributed by atoms with Crippen LogP contribution < -0.4 is 4.74 Å². The van der Waals surface area contributed by atoms with Crippen LogP contribution in [0.3, 0.4) is 0 Å². The van der Waals surface area contributed by atoms with Crippen LogP contribution in [0.5, 0.6) is 17.2 Å². The lowest BCUT2D eigenvalue weighted by Crippen LogP contribution is -2.29. The molecule has 0 radical (unpaired) electrons. The van der Waals surface area contributed by atoms with Crippen molar-refractivity contribution < 1.29 is 24.5 Å². The van der Waals surface area contributed by atoms with E-state index in [1.54, 1.807) is 71.6 Å². The van der Waals surface area contributed by atoms with Gasteiger partial charge in [0.05, 0.1) is 6.54 Å². The van der Waals surface area contributed by atoms with Gasteiger partial charge in [-0.25, -0.2) is 0 Å². The van der Waals surface area contributed by atoms with E-state index in [2.05, 4.69) is 6.58 Å². The summed E-state index contributed by atoms with van der Waals surface area (Å²) in [5.74, 6) is 0.684. The van der Waals surface area contributed by atoms with E-state index in [1.165, 1.54) is 17.4 Å². The Kier molecular flexibility index (Phi) is 6.01. The molecule has 6 nitrogen and oxygen atoms in total. The number of amides is 1. The predicted molar refractivity (Wildman–Crippen MR) is 136 cm³/mol. The Hall–Kier alpha value is -4.10. The summed E-state index contributed by atoms with van der Waals surface area (Å²) in [5, 5.41) is 20.4. The Morgan fingerprint density at radius 2 is 1.71 bits per heavy atom. The lowest BCUT2D eigenvalue weighted by molar-refractivity contribution is -0.125. The molecule has 0 saturated carbocycles. The number of ether oxygens (including phenoxy) is 1. The second-order valence-corrected chi connectivity index (χ2v) is 9.46. The first-order chi connectivity index (χ1) is 16.9. The van der Waals surface area contributed by atoms with E-state index in [9.17, 15) is 19.8 Å². The predicted octanol–water partition coefficient (Wildman–Crippen LogP) is 5.38. The monoisotopic (exact) mass is 485 g/mol. The van der Waals surface area contributed by atoms with Crippen molar-refractivity contribution in [3.8, 4) is 27.7 Å². The molecular weight excluding hydrogens is 462 g/mol. The van der Waals surface area contributed by atoms with Crippen molar-refractivity contribution in [3.63, 3.8) is 0 Å². The normalized spacial score (nSPS) is 15.3. The molecule has 1 aliphatic rings. The number of carbonyl (C=O) groups excluding carboxylic acids is 2. The van der Waals surface area contributed by atoms with E-state index in [-0.39, 0.29) is 29.3 Å². The van der Waals surface area contributed by atoms with Gasteiger partial charge in [0.25, 0.3) is 0 Å². The molecule has 7 heteroatoms. The molecule has 1 atom stereocenters. The van der Waals surface area contributed by atoms with Crippen LogP contribution >= 0.6 is 11.3 Å². The number of nitrogens with zero attached hydrogens (tertiary/aromatic N) is 1. The zero-order valence-corrected chi connectivity index (χ0v) is 19.6. The van der Waals surface area contributed by atoms with E-state index in [1.807, 2.05) is 0 Å². The largest absolute Gasteiger partial charge is 0.508 e. The highest BCUT2D eigenvalue weighted by atomic mass is 32.1. The second-order valence-electron chi connectivity index (χ2n) is 8.40. The molecule has 0 unspecified atom stereocenters. The van der Waals surface area contributed by atoms with Crippen LogP contribution in [0.25, 0.3) is 20.5 Å². The number of hydrogen-bond acceptors (Lipinski definition) is 6. The van der Waals surface area contributed by atoms with Crippen molar-refractivity contribution in [1.82, 2.24) is 4.90 Å². The summed E-state index contributed by atoms with van der Waals surface area (Å²) in [7, 11) is 0. The number of fused-ring (bicyclic) bond motifs is 1. The van der Waals surface area contributed by atoms with Gasteiger partial charge in [-0.2, -0.15) is 0 Å². The molecule has 1 saturated heterocycles. The van der Waals surface area contributed by atoms with Crippen LogP contribution in [0.1, 0.15) is 22.3 Å². The van der Waals surface area contributed by atoms with Crippen LogP contribution in [0.4, 0.5) is 0 Å². The Balaban J connectivity index is 1.43. The van der Waals surface area contributed by atoms with Crippen LogP contribution in [-0.2, 0) is 4.79 Å². The van der Waals surface area contributed by atoms with E-state index >= 15 is 0 Å². The maximum Gasteiger partial charge on any atom is 0.246 e. The lowest BCUT2D eigenvalue weighted by atomic mass is 9.97. The summed E-state index contributed by atoms with van der Waals surface area (Å²) in [6.45, 7) is 4.67. The van der Waals surface area contributed by atoms with Crippen LogP contribution in [0.2, 0.25) is 0 Å². The van der Waals surface area contributed by atoms with Crippen LogP contribution in [0, 0.1) is 0 Å². The number of benzene rings is 3. The molecule has 4 aromatic rings. The standard InChI is InChI=1S/C28H23NO5S/c1-2-25(32)29-14-13-22(16-29)34-21-10-5-17(6-11-21)27(33)26-23-12-9-20(31)15-24(23)35-28(26)18-3-7-19(30)8-4-18/h2-12,15,22,30-31H,1,13-14,16H2/t22-/m1/s1. The highest BCUT2D eigenvalue weighted by molar-refractivity contribution is 7.22. The van der Waals surface area contributed by atoms with Crippen molar-refractivity contribution in [1.29, 1.82) is 0 Å². The maximum atomic E-state index is 13.7. The van der Waals surface area contributed by atoms with Gasteiger partial charge in [-0.15, -0.1) is 11.3 Å². The minimum atomic E-state index is -0.139. The minimum absolute atomic E-state index is 0.0993. The first kappa shape index (κ1) is 22.7. The van der Waals surface area contributed by atoms with Crippen molar-refractivity contribution in [2.45, 2.75) is 12.5 Å². The third kappa shape index (κ3) is 4.50. The van der Waals surface area contributed by atoms with Crippen molar-refractivity contribution in [2.75, 3.05) is 13.1 Å². The Morgan fingerprint density at radius 3 is 2.43 bits per heavy atom. The SMILES string of the molecule is C=CC(=O)N1CC[C@@H](Oc2ccc(C(=O)c3c(-c4ccc(O)cc4)sc4cc(O)ccc34)cc2)C1. The second kappa shape index (κ2) is 9.27. The number of hydrogen-bond donors (Lipinski definition) is 2. The maximum absolute atomic E-state index is 13.7. The molecule has 3 aromatic carbocycles. The van der Waals surface area contributed by atoms with Gasteiger partial charge in [0.2, 0.25) is 5.91 Å². The molecule has 35 heavy (non-hydrogen) atoms. The van der Waals surface area contributed by atoms with E-state index in [0.29, 0.717) is 30.0 Å². The number of rotatable bonds is 6. The highest BCUT2D eigenvalue weighted by Gasteiger charge is 2.26. The number of thiophene rings is 1. The van der Waals surface area contributed by atoms with Gasteiger partial charge >= 0.3 is 0 Å². The van der Waals surface area contributed by atoms with Crippen molar-refractivity contribution in [2.24, 2.45) is 0 Å². The molecule has 1 amide bonds. The number of aromatic hydroxyl groups is 2. The number of likely N-dealkylation sites (tertiary alicyclic amines) is 1. The first-order valence-corrected chi connectivity index (χ1v) is 12.0. The van der Waals surface area contributed by atoms with E-state index in [4.69, 9.17) is 4.74 Å². The van der Waals surface area contributed by atoms with Gasteiger partial charge in [-0.05, 0) is 78.4 Å². The average molecular weight is 486 g/mol. The molecule has 5 rings (SSSR count). The summed E-state index contributed by atoms with van der Waals surface area (Å²) < 4.78 is 6.83. The zero-order valence-electron chi connectivity index (χ0n) is 18.8. The smallest absolute Gasteiger partial charge is 0.246 e. The van der Waals surface area contributed by atoms with Crippen molar-refractivity contribution >= 4 is 33.1 Å². The zero-order chi connectivity index (χ0) is 24.5. The average Bonchev–Trinajstić information content (AvgIpc) is 3.48. The van der Waals surface area contributed by atoms with Gasteiger partial charge in [-0.3, -0.25) is 9.59 Å². The summed E-state index contributed by atoms with van der Waals surface area (Å²) in [5.41, 5.74) is 1.88. The minimum Gasteiger partial charge on any atom is -0.508 e. The fourth-order valence-corrected chi connectivity index (χ4v) is 5.54. The topological polar surface area (TPSA) is 87.1 Å². The molecule has 0 aliphatic carbocycles. The van der Waals surface area contributed by atoms with Gasteiger partial charge in [0, 0.05) is 39.1 Å². The molecule has 176 valence electrons. The molecule has 1 fully saturated rings. The fraction of sp³-hybridized carbons (Fsp3) is 0.143. The fourth-order valence-electron chi connectivity index (χ4n) is 4.30. The quantitative estimate of drug-likeness (QED) is 0.283. The lowest BCUT2D eigenvalue weighted by Gasteiger charge is -2.16. The highest BCUT2D eigenvalue weighted by Crippen LogP contribution is 2.41. The molecule has 1 aromatic heterocycles. The number of carbonyl (C=O) groups is 2. The Morgan fingerprint density at radius 1 is 1.00 bits per heavy atom. The number of phenolic OH excluding ortho intramolecular Hbond substituents is 2. The summed E-state index contributed by atoms with van der Waals surface area (Å²) in [6, 6.07) is 18.7. The molecule has 1 aliphatic heterocycles. The third-order valence-electron chi connectivity index (χ3n) is 6.08. The van der Waals surface area contributed by atoms with Gasteiger partial charge < -0.3 is 19.8 Å². The molecular formula is C28H23NO5S. The van der Waals surface area contributed by atoms with Crippen molar-refractivity contribution in [3.05, 3.63) is 90.5 Å². The van der Waals surface area contributed by atoms with Crippen LogP contribution in [0.15, 0.2) is 79.4 Å². The summed E-state index contributed by atoms with van der Waals surface area (Å²) in [6.07, 6.45) is 1.95. The number of phenols is 2. The summed E-state index contributed by atoms with van der Waals surface area (Å²) >= 11 is 1.42. The van der Waals surface area contributed by atoms with E-state index in [0.717, 1.165) is 26.9 Å². The van der Waals surface area contributed by atoms with Crippen LogP contribution in [-0.4, -0.2) is 46.0 Å². The third-order valence-corrected chi connectivity index (χ3v) is 7.28. The first-order valence-electron chi connectivity index (χ1n) is 11.2.